The summed E-state index contributed by atoms with van der Waals surface area (Å²) in [5.74, 6) is 0.117. The molecule has 2 unspecified atom stereocenters. The van der Waals surface area contributed by atoms with E-state index in [0.717, 1.165) is 45.1 Å². The van der Waals surface area contributed by atoms with E-state index in [-0.39, 0.29) is 24.1 Å². The van der Waals surface area contributed by atoms with Crippen LogP contribution in [-0.4, -0.2) is 35.7 Å². The third kappa shape index (κ3) is 2.92. The second-order valence-corrected chi connectivity index (χ2v) is 4.67. The van der Waals surface area contributed by atoms with Crippen molar-refractivity contribution < 1.29 is 9.90 Å². The van der Waals surface area contributed by atoms with E-state index in [1.807, 2.05) is 0 Å². The number of nitrogens with one attached hydrogen (secondary N) is 2. The molecule has 2 fully saturated rings. The molecule has 0 aromatic rings. The lowest BCUT2D eigenvalue weighted by Gasteiger charge is -2.27. The van der Waals surface area contributed by atoms with Crippen molar-refractivity contribution in [2.75, 3.05) is 6.54 Å². The van der Waals surface area contributed by atoms with Crippen LogP contribution in [0.5, 0.6) is 0 Å². The summed E-state index contributed by atoms with van der Waals surface area (Å²) in [5.41, 5.74) is 0. The number of amides is 1. The monoisotopic (exact) mass is 212 g/mol. The highest BCUT2D eigenvalue weighted by Gasteiger charge is 2.26. The minimum absolute atomic E-state index is 0.00377. The minimum Gasteiger partial charge on any atom is -0.393 e. The highest BCUT2D eigenvalue weighted by molar-refractivity contribution is 5.82. The minimum atomic E-state index is -0.222. The topological polar surface area (TPSA) is 61.4 Å². The third-order valence-corrected chi connectivity index (χ3v) is 3.37. The summed E-state index contributed by atoms with van der Waals surface area (Å²) in [6.45, 7) is 0.950. The van der Waals surface area contributed by atoms with E-state index in [4.69, 9.17) is 0 Å². The van der Waals surface area contributed by atoms with Crippen LogP contribution < -0.4 is 10.6 Å². The zero-order chi connectivity index (χ0) is 10.7. The van der Waals surface area contributed by atoms with E-state index in [2.05, 4.69) is 10.6 Å². The Morgan fingerprint density at radius 1 is 1.27 bits per heavy atom. The summed E-state index contributed by atoms with van der Waals surface area (Å²) in [6, 6.07) is 0.188. The lowest BCUT2D eigenvalue weighted by atomic mass is 9.93. The Labute approximate surface area is 90.4 Å². The number of hydrogen-bond acceptors (Lipinski definition) is 3. The summed E-state index contributed by atoms with van der Waals surface area (Å²) in [7, 11) is 0. The van der Waals surface area contributed by atoms with Gasteiger partial charge in [-0.2, -0.15) is 0 Å². The van der Waals surface area contributed by atoms with E-state index in [1.54, 1.807) is 0 Å². The number of carbonyl (C=O) groups is 1. The predicted octanol–water partition coefficient (Wildman–Crippen LogP) is 0.158. The normalized spacial score (nSPS) is 36.5. The lowest BCUT2D eigenvalue weighted by Crippen LogP contribution is -2.47. The first-order chi connectivity index (χ1) is 7.25. The van der Waals surface area contributed by atoms with Crippen molar-refractivity contribution >= 4 is 5.91 Å². The van der Waals surface area contributed by atoms with Crippen LogP contribution >= 0.6 is 0 Å². The molecule has 0 bridgehead atoms. The molecule has 2 rings (SSSR count). The molecular weight excluding hydrogens is 192 g/mol. The fourth-order valence-electron chi connectivity index (χ4n) is 2.51. The average Bonchev–Trinajstić information content (AvgIpc) is 2.70. The standard InChI is InChI=1S/C11H20N2O2/c14-9-4-1-3-8(7-9)13-11(15)10-5-2-6-12-10/h8-10,12,14H,1-7H2,(H,13,15)/t8?,9?,10-/m1/s1. The zero-order valence-electron chi connectivity index (χ0n) is 9.04. The van der Waals surface area contributed by atoms with Gasteiger partial charge in [0.15, 0.2) is 0 Å². The van der Waals surface area contributed by atoms with Crippen molar-refractivity contribution in [3.05, 3.63) is 0 Å². The van der Waals surface area contributed by atoms with Crippen LogP contribution in [0.15, 0.2) is 0 Å². The molecule has 86 valence electrons. The molecule has 1 aliphatic heterocycles. The van der Waals surface area contributed by atoms with Gasteiger partial charge in [0, 0.05) is 6.04 Å². The van der Waals surface area contributed by atoms with Crippen molar-refractivity contribution in [1.82, 2.24) is 10.6 Å². The van der Waals surface area contributed by atoms with Gasteiger partial charge in [-0.05, 0) is 45.1 Å². The number of aliphatic hydroxyl groups excluding tert-OH is 1. The predicted molar refractivity (Wildman–Crippen MR) is 57.4 cm³/mol. The molecule has 3 N–H and O–H groups in total. The Morgan fingerprint density at radius 3 is 2.80 bits per heavy atom. The van der Waals surface area contributed by atoms with Crippen LogP contribution in [0.25, 0.3) is 0 Å². The Bertz CT molecular complexity index is 227. The number of rotatable bonds is 2. The molecule has 4 nitrogen and oxygen atoms in total. The second-order valence-electron chi connectivity index (χ2n) is 4.67. The summed E-state index contributed by atoms with van der Waals surface area (Å²) in [6.07, 6.45) is 5.44. The van der Waals surface area contributed by atoms with Gasteiger partial charge in [-0.1, -0.05) is 0 Å². The average molecular weight is 212 g/mol. The molecule has 0 aromatic carbocycles. The molecule has 4 heteroatoms. The molecule has 1 heterocycles. The second kappa shape index (κ2) is 4.94. The van der Waals surface area contributed by atoms with Gasteiger partial charge in [0.05, 0.1) is 12.1 Å². The summed E-state index contributed by atoms with van der Waals surface area (Å²) in [4.78, 5) is 11.8. The van der Waals surface area contributed by atoms with Gasteiger partial charge >= 0.3 is 0 Å². The molecule has 1 saturated heterocycles. The quantitative estimate of drug-likeness (QED) is 0.611. The number of aliphatic hydroxyl groups is 1. The summed E-state index contributed by atoms with van der Waals surface area (Å²) < 4.78 is 0. The Hall–Kier alpha value is -0.610. The summed E-state index contributed by atoms with van der Waals surface area (Å²) in [5, 5.41) is 15.7. The van der Waals surface area contributed by atoms with Crippen molar-refractivity contribution in [2.24, 2.45) is 0 Å². The molecule has 2 aliphatic rings. The van der Waals surface area contributed by atoms with Gasteiger partial charge in [0.2, 0.25) is 5.91 Å². The first kappa shape index (κ1) is 10.9. The van der Waals surface area contributed by atoms with Crippen molar-refractivity contribution in [2.45, 2.75) is 56.7 Å². The van der Waals surface area contributed by atoms with E-state index in [0.29, 0.717) is 0 Å². The number of hydrogen-bond donors (Lipinski definition) is 3. The molecule has 1 saturated carbocycles. The Kier molecular flexibility index (Phi) is 3.59. The van der Waals surface area contributed by atoms with Gasteiger partial charge in [-0.15, -0.1) is 0 Å². The van der Waals surface area contributed by atoms with E-state index in [9.17, 15) is 9.90 Å². The molecule has 0 radical (unpaired) electrons. The van der Waals surface area contributed by atoms with Crippen LogP contribution in [0, 0.1) is 0 Å². The lowest BCUT2D eigenvalue weighted by molar-refractivity contribution is -0.123. The smallest absolute Gasteiger partial charge is 0.237 e. The van der Waals surface area contributed by atoms with Gasteiger partial charge in [0.1, 0.15) is 0 Å². The van der Waals surface area contributed by atoms with Crippen molar-refractivity contribution in [1.29, 1.82) is 0 Å². The third-order valence-electron chi connectivity index (χ3n) is 3.37. The molecule has 0 aromatic heterocycles. The SMILES string of the molecule is O=C(NC1CCCC(O)C1)[C@H]1CCCN1. The highest BCUT2D eigenvalue weighted by atomic mass is 16.3. The van der Waals surface area contributed by atoms with E-state index < -0.39 is 0 Å². The van der Waals surface area contributed by atoms with Gasteiger partial charge < -0.3 is 15.7 Å². The van der Waals surface area contributed by atoms with E-state index >= 15 is 0 Å². The molecule has 1 amide bonds. The van der Waals surface area contributed by atoms with Crippen molar-refractivity contribution in [3.8, 4) is 0 Å². The first-order valence-corrected chi connectivity index (χ1v) is 5.97. The van der Waals surface area contributed by atoms with E-state index in [1.165, 1.54) is 0 Å². The van der Waals surface area contributed by atoms with Crippen LogP contribution in [0.3, 0.4) is 0 Å². The van der Waals surface area contributed by atoms with Crippen LogP contribution in [0.4, 0.5) is 0 Å². The van der Waals surface area contributed by atoms with Crippen molar-refractivity contribution in [3.63, 3.8) is 0 Å². The molecule has 3 atom stereocenters. The highest BCUT2D eigenvalue weighted by Crippen LogP contribution is 2.18. The maximum atomic E-state index is 11.8. The van der Waals surface area contributed by atoms with Crippen LogP contribution in [0.2, 0.25) is 0 Å². The molecule has 15 heavy (non-hydrogen) atoms. The largest absolute Gasteiger partial charge is 0.393 e. The van der Waals surface area contributed by atoms with Gasteiger partial charge in [-0.3, -0.25) is 4.79 Å². The van der Waals surface area contributed by atoms with Crippen LogP contribution in [0.1, 0.15) is 38.5 Å². The summed E-state index contributed by atoms with van der Waals surface area (Å²) >= 11 is 0. The molecular formula is C11H20N2O2. The zero-order valence-corrected chi connectivity index (χ0v) is 9.04. The number of carbonyl (C=O) groups excluding carboxylic acids is 1. The molecule has 0 spiro atoms. The van der Waals surface area contributed by atoms with Gasteiger partial charge in [0.25, 0.3) is 0 Å². The fraction of sp³-hybridized carbons (Fsp3) is 0.909. The fourth-order valence-corrected chi connectivity index (χ4v) is 2.51. The maximum absolute atomic E-state index is 11.8. The Balaban J connectivity index is 1.77. The maximum Gasteiger partial charge on any atom is 0.237 e. The van der Waals surface area contributed by atoms with Crippen LogP contribution in [-0.2, 0) is 4.79 Å². The van der Waals surface area contributed by atoms with Gasteiger partial charge in [-0.25, -0.2) is 0 Å². The first-order valence-electron chi connectivity index (χ1n) is 5.97. The molecule has 1 aliphatic carbocycles. The Morgan fingerprint density at radius 2 is 2.13 bits per heavy atom.